The van der Waals surface area contributed by atoms with Crippen LogP contribution >= 0.6 is 11.3 Å². The topological polar surface area (TPSA) is 35.0 Å². The molecule has 2 unspecified atom stereocenters. The summed E-state index contributed by atoms with van der Waals surface area (Å²) >= 11 is 1.68. The van der Waals surface area contributed by atoms with E-state index in [2.05, 4.69) is 30.1 Å². The molecule has 0 N–H and O–H groups in total. The lowest BCUT2D eigenvalue weighted by Gasteiger charge is -2.12. The summed E-state index contributed by atoms with van der Waals surface area (Å²) in [4.78, 5) is 8.92. The summed E-state index contributed by atoms with van der Waals surface area (Å²) in [5.74, 6) is 2.19. The number of ether oxygens (including phenoxy) is 1. The van der Waals surface area contributed by atoms with Crippen LogP contribution in [0.1, 0.15) is 34.6 Å². The zero-order chi connectivity index (χ0) is 23.5. The molecule has 35 heavy (non-hydrogen) atoms. The zero-order valence-corrected chi connectivity index (χ0v) is 20.1. The number of hydrogen-bond donors (Lipinski definition) is 0. The maximum absolute atomic E-state index is 14.7. The predicted octanol–water partition coefficient (Wildman–Crippen LogP) is 7.71. The van der Waals surface area contributed by atoms with Crippen LogP contribution < -0.4 is 4.74 Å². The molecule has 2 aliphatic rings. The molecule has 0 bridgehead atoms. The number of halogens is 1. The number of aromatic nitrogens is 2. The molecular weight excluding hydrogens is 455 g/mol. The Morgan fingerprint density at radius 3 is 2.77 bits per heavy atom. The molecule has 0 aliphatic heterocycles. The molecule has 0 radical (unpaired) electrons. The Morgan fingerprint density at radius 2 is 1.89 bits per heavy atom. The molecular formula is C30H23FN2OS. The van der Waals surface area contributed by atoms with E-state index in [0.717, 1.165) is 61.5 Å². The first-order valence-corrected chi connectivity index (χ1v) is 12.8. The zero-order valence-electron chi connectivity index (χ0n) is 19.3. The molecule has 2 aliphatic carbocycles. The van der Waals surface area contributed by atoms with Crippen molar-refractivity contribution in [1.29, 1.82) is 0 Å². The highest BCUT2D eigenvalue weighted by Crippen LogP contribution is 2.56. The van der Waals surface area contributed by atoms with Crippen LogP contribution in [0.15, 0.2) is 73.1 Å². The molecule has 0 saturated heterocycles. The van der Waals surface area contributed by atoms with Crippen LogP contribution in [0, 0.1) is 18.7 Å². The van der Waals surface area contributed by atoms with Crippen LogP contribution in [-0.4, -0.2) is 9.97 Å². The van der Waals surface area contributed by atoms with Crippen LogP contribution in [0.2, 0.25) is 0 Å². The first-order valence-electron chi connectivity index (χ1n) is 12.0. The van der Waals surface area contributed by atoms with Crippen LogP contribution in [0.25, 0.3) is 31.9 Å². The van der Waals surface area contributed by atoms with Crippen LogP contribution in [0.4, 0.5) is 4.39 Å². The lowest BCUT2D eigenvalue weighted by atomic mass is 9.98. The second-order valence-corrected chi connectivity index (χ2v) is 10.6. The minimum absolute atomic E-state index is 0.208. The van der Waals surface area contributed by atoms with Gasteiger partial charge in [0.2, 0.25) is 0 Å². The third kappa shape index (κ3) is 3.62. The van der Waals surface area contributed by atoms with Crippen molar-refractivity contribution < 1.29 is 9.13 Å². The Hall–Kier alpha value is -3.57. The summed E-state index contributed by atoms with van der Waals surface area (Å²) in [6.07, 6.45) is 6.06. The molecule has 5 heteroatoms. The summed E-state index contributed by atoms with van der Waals surface area (Å²) in [5.41, 5.74) is 8.70. The Morgan fingerprint density at radius 1 is 1.00 bits per heavy atom. The van der Waals surface area contributed by atoms with Gasteiger partial charge in [0, 0.05) is 23.5 Å². The third-order valence-corrected chi connectivity index (χ3v) is 8.64. The number of rotatable bonds is 5. The number of benzene rings is 3. The van der Waals surface area contributed by atoms with E-state index in [0.29, 0.717) is 5.56 Å². The lowest BCUT2D eigenvalue weighted by Crippen LogP contribution is -2.00. The molecule has 3 nitrogen and oxygen atoms in total. The van der Waals surface area contributed by atoms with Crippen LogP contribution in [0.5, 0.6) is 5.75 Å². The van der Waals surface area contributed by atoms with Crippen molar-refractivity contribution in [1.82, 2.24) is 9.97 Å². The Labute approximate surface area is 207 Å². The largest absolute Gasteiger partial charge is 0.489 e. The highest BCUT2D eigenvalue weighted by Gasteiger charge is 2.44. The molecule has 2 aromatic heterocycles. The fourth-order valence-corrected chi connectivity index (χ4v) is 6.49. The normalized spacial score (nSPS) is 17.9. The van der Waals surface area contributed by atoms with Gasteiger partial charge in [0.15, 0.2) is 0 Å². The molecule has 2 atom stereocenters. The van der Waals surface area contributed by atoms with Gasteiger partial charge in [-0.25, -0.2) is 9.37 Å². The molecule has 7 rings (SSSR count). The van der Waals surface area contributed by atoms with E-state index in [1.807, 2.05) is 36.4 Å². The van der Waals surface area contributed by atoms with Crippen molar-refractivity contribution in [2.45, 2.75) is 32.3 Å². The van der Waals surface area contributed by atoms with Gasteiger partial charge in [-0.15, -0.1) is 11.3 Å². The Balaban J connectivity index is 1.17. The first kappa shape index (κ1) is 20.8. The van der Waals surface area contributed by atoms with Crippen molar-refractivity contribution >= 4 is 21.6 Å². The average Bonchev–Trinajstić information content (AvgIpc) is 3.34. The van der Waals surface area contributed by atoms with Gasteiger partial charge in [-0.05, 0) is 102 Å². The standard InChI is InChI=1S/C30H23FN2OS/c1-17-24(5-7-28-29(17)35-30(33-28)18-8-10-32-11-9-18)19-2-6-27(31)22(12-19)16-34-23-3-4-25-20(14-23)13-21-15-26(21)25/h2-12,14,21,26H,13,15-16H2,1H3. The molecule has 1 fully saturated rings. The van der Waals surface area contributed by atoms with Gasteiger partial charge in [0.25, 0.3) is 0 Å². The monoisotopic (exact) mass is 478 g/mol. The average molecular weight is 479 g/mol. The number of fused-ring (bicyclic) bond motifs is 4. The molecule has 172 valence electrons. The Bertz CT molecular complexity index is 1590. The SMILES string of the molecule is Cc1c(-c2ccc(F)c(COc3ccc4c(c3)CC3CC43)c2)ccc2nc(-c3ccncc3)sc12. The summed E-state index contributed by atoms with van der Waals surface area (Å²) in [7, 11) is 0. The van der Waals surface area contributed by atoms with E-state index in [9.17, 15) is 4.39 Å². The van der Waals surface area contributed by atoms with Crippen molar-refractivity contribution in [3.63, 3.8) is 0 Å². The predicted molar refractivity (Wildman–Crippen MR) is 138 cm³/mol. The van der Waals surface area contributed by atoms with Gasteiger partial charge < -0.3 is 4.74 Å². The van der Waals surface area contributed by atoms with E-state index >= 15 is 0 Å². The first-order chi connectivity index (χ1) is 17.1. The fraction of sp³-hybridized carbons (Fsp3) is 0.200. The van der Waals surface area contributed by atoms with Crippen molar-refractivity contribution in [3.8, 4) is 27.4 Å². The molecule has 0 amide bonds. The van der Waals surface area contributed by atoms with Crippen molar-refractivity contribution in [2.24, 2.45) is 5.92 Å². The maximum atomic E-state index is 14.7. The third-order valence-electron chi connectivity index (χ3n) is 7.40. The second-order valence-electron chi connectivity index (χ2n) is 9.60. The molecule has 2 heterocycles. The molecule has 3 aromatic carbocycles. The van der Waals surface area contributed by atoms with Gasteiger partial charge in [-0.1, -0.05) is 18.2 Å². The Kier molecular flexibility index (Phi) is 4.74. The van der Waals surface area contributed by atoms with Crippen LogP contribution in [0.3, 0.4) is 0 Å². The number of thiazole rings is 1. The highest BCUT2D eigenvalue weighted by atomic mass is 32.1. The quantitative estimate of drug-likeness (QED) is 0.259. The van der Waals surface area contributed by atoms with E-state index in [4.69, 9.17) is 9.72 Å². The number of aryl methyl sites for hydroxylation is 1. The number of pyridine rings is 1. The maximum Gasteiger partial charge on any atom is 0.129 e. The summed E-state index contributed by atoms with van der Waals surface area (Å²) in [6, 6.07) is 19.8. The summed E-state index contributed by atoms with van der Waals surface area (Å²) in [5, 5.41) is 0.975. The number of hydrogen-bond acceptors (Lipinski definition) is 4. The van der Waals surface area contributed by atoms with Gasteiger partial charge in [0.1, 0.15) is 23.2 Å². The minimum atomic E-state index is -0.243. The van der Waals surface area contributed by atoms with Crippen molar-refractivity contribution in [2.75, 3.05) is 0 Å². The van der Waals surface area contributed by atoms with Gasteiger partial charge in [-0.2, -0.15) is 0 Å². The smallest absolute Gasteiger partial charge is 0.129 e. The van der Waals surface area contributed by atoms with E-state index in [1.54, 1.807) is 29.8 Å². The summed E-state index contributed by atoms with van der Waals surface area (Å²) < 4.78 is 21.9. The molecule has 5 aromatic rings. The van der Waals surface area contributed by atoms with Gasteiger partial charge in [0.05, 0.1) is 10.2 Å². The van der Waals surface area contributed by atoms with Gasteiger partial charge in [-0.3, -0.25) is 4.98 Å². The fourth-order valence-electron chi connectivity index (χ4n) is 5.41. The van der Waals surface area contributed by atoms with Crippen LogP contribution in [-0.2, 0) is 13.0 Å². The van der Waals surface area contributed by atoms with E-state index < -0.39 is 0 Å². The lowest BCUT2D eigenvalue weighted by molar-refractivity contribution is 0.299. The molecule has 1 saturated carbocycles. The second kappa shape index (κ2) is 7.99. The number of nitrogens with zero attached hydrogens (tertiary/aromatic N) is 2. The highest BCUT2D eigenvalue weighted by molar-refractivity contribution is 7.21. The van der Waals surface area contributed by atoms with Gasteiger partial charge >= 0.3 is 0 Å². The summed E-state index contributed by atoms with van der Waals surface area (Å²) in [6.45, 7) is 2.32. The minimum Gasteiger partial charge on any atom is -0.489 e. The van der Waals surface area contributed by atoms with E-state index in [1.165, 1.54) is 17.5 Å². The molecule has 0 spiro atoms. The van der Waals surface area contributed by atoms with E-state index in [-0.39, 0.29) is 12.4 Å². The van der Waals surface area contributed by atoms with Crippen molar-refractivity contribution in [3.05, 3.63) is 101 Å².